The number of fused-ring (bicyclic) bond motifs is 1. The highest BCUT2D eigenvalue weighted by molar-refractivity contribution is 9.08. The van der Waals surface area contributed by atoms with Crippen molar-refractivity contribution in [1.29, 1.82) is 5.26 Å². The van der Waals surface area contributed by atoms with E-state index in [1.165, 1.54) is 0 Å². The molecule has 0 fully saturated rings. The van der Waals surface area contributed by atoms with Gasteiger partial charge in [-0.1, -0.05) is 34.1 Å². The molecule has 20 heavy (non-hydrogen) atoms. The molecule has 0 aliphatic carbocycles. The molecule has 2 aromatic heterocycles. The van der Waals surface area contributed by atoms with Gasteiger partial charge in [0.2, 0.25) is 11.6 Å². The fraction of sp³-hybridized carbons (Fsp3) is 0.0667. The molecule has 2 heterocycles. The van der Waals surface area contributed by atoms with Crippen LogP contribution < -0.4 is 4.74 Å². The molecule has 0 N–H and O–H groups in total. The maximum atomic E-state index is 9.17. The number of benzene rings is 1. The molecule has 0 bridgehead atoms. The van der Waals surface area contributed by atoms with E-state index in [-0.39, 0.29) is 5.76 Å². The summed E-state index contributed by atoms with van der Waals surface area (Å²) in [6, 6.07) is 13.1. The summed E-state index contributed by atoms with van der Waals surface area (Å²) in [7, 11) is 0. The number of halogens is 1. The Labute approximate surface area is 123 Å². The van der Waals surface area contributed by atoms with Gasteiger partial charge in [0.05, 0.1) is 5.39 Å². The Balaban J connectivity index is 2.13. The number of hydrogen-bond donors (Lipinski definition) is 0. The minimum absolute atomic E-state index is 0.150. The summed E-state index contributed by atoms with van der Waals surface area (Å²) in [5.41, 5.74) is 1.53. The molecule has 0 saturated carbocycles. The van der Waals surface area contributed by atoms with E-state index in [9.17, 15) is 5.26 Å². The molecule has 3 aromatic rings. The molecule has 4 nitrogen and oxygen atoms in total. The van der Waals surface area contributed by atoms with Crippen molar-refractivity contribution < 1.29 is 9.15 Å². The molecular formula is C15H9BrN2O2. The summed E-state index contributed by atoms with van der Waals surface area (Å²) in [5.74, 6) is 1.02. The summed E-state index contributed by atoms with van der Waals surface area (Å²) in [5, 5.41) is 10.5. The standard InChI is InChI=1S/C15H9BrN2O2/c16-8-10-4-3-7-18-15(10)20-14-11-5-1-2-6-12(11)19-13(14)9-17/h1-7H,8H2. The Bertz CT molecular complexity index is 805. The molecule has 0 spiro atoms. The Morgan fingerprint density at radius 3 is 2.90 bits per heavy atom. The minimum atomic E-state index is 0.150. The van der Waals surface area contributed by atoms with Gasteiger partial charge in [0, 0.05) is 17.1 Å². The van der Waals surface area contributed by atoms with Crippen molar-refractivity contribution in [1.82, 2.24) is 4.98 Å². The second kappa shape index (κ2) is 5.35. The lowest BCUT2D eigenvalue weighted by Gasteiger charge is -2.06. The number of hydrogen-bond acceptors (Lipinski definition) is 4. The lowest BCUT2D eigenvalue weighted by atomic mass is 10.2. The van der Waals surface area contributed by atoms with Gasteiger partial charge in [-0.3, -0.25) is 0 Å². The van der Waals surface area contributed by atoms with Crippen LogP contribution in [0.4, 0.5) is 0 Å². The van der Waals surface area contributed by atoms with Crippen LogP contribution >= 0.6 is 15.9 Å². The van der Waals surface area contributed by atoms with E-state index < -0.39 is 0 Å². The van der Waals surface area contributed by atoms with Crippen molar-refractivity contribution in [3.05, 3.63) is 53.9 Å². The molecule has 5 heteroatoms. The summed E-state index contributed by atoms with van der Waals surface area (Å²) >= 11 is 3.39. The number of pyridine rings is 1. The van der Waals surface area contributed by atoms with Crippen LogP contribution in [-0.4, -0.2) is 4.98 Å². The van der Waals surface area contributed by atoms with E-state index in [0.29, 0.717) is 22.5 Å². The summed E-state index contributed by atoms with van der Waals surface area (Å²) in [4.78, 5) is 4.20. The number of furan rings is 1. The maximum Gasteiger partial charge on any atom is 0.247 e. The van der Waals surface area contributed by atoms with Crippen molar-refractivity contribution in [2.24, 2.45) is 0 Å². The van der Waals surface area contributed by atoms with Gasteiger partial charge in [-0.25, -0.2) is 4.98 Å². The molecule has 0 amide bonds. The zero-order chi connectivity index (χ0) is 13.9. The zero-order valence-corrected chi connectivity index (χ0v) is 11.9. The van der Waals surface area contributed by atoms with Crippen molar-refractivity contribution in [3.63, 3.8) is 0 Å². The Kier molecular flexibility index (Phi) is 3.40. The SMILES string of the molecule is N#Cc1oc2ccccc2c1Oc1ncccc1CBr. The Hall–Kier alpha value is -2.32. The number of ether oxygens (including phenoxy) is 1. The Morgan fingerprint density at radius 2 is 2.10 bits per heavy atom. The van der Waals surface area contributed by atoms with Gasteiger partial charge in [0.1, 0.15) is 11.7 Å². The number of alkyl halides is 1. The van der Waals surface area contributed by atoms with Crippen molar-refractivity contribution >= 4 is 26.9 Å². The van der Waals surface area contributed by atoms with Crippen molar-refractivity contribution in [3.8, 4) is 17.7 Å². The maximum absolute atomic E-state index is 9.17. The highest BCUT2D eigenvalue weighted by Gasteiger charge is 2.17. The van der Waals surface area contributed by atoms with E-state index in [1.54, 1.807) is 12.3 Å². The van der Waals surface area contributed by atoms with Crippen LogP contribution in [0, 0.1) is 11.3 Å². The molecule has 0 aliphatic rings. The molecule has 0 saturated heterocycles. The van der Waals surface area contributed by atoms with E-state index in [4.69, 9.17) is 9.15 Å². The summed E-state index contributed by atoms with van der Waals surface area (Å²) in [6.07, 6.45) is 1.65. The monoisotopic (exact) mass is 328 g/mol. The Morgan fingerprint density at radius 1 is 1.25 bits per heavy atom. The molecule has 3 rings (SSSR count). The number of rotatable bonds is 3. The zero-order valence-electron chi connectivity index (χ0n) is 10.3. The molecular weight excluding hydrogens is 320 g/mol. The summed E-state index contributed by atoms with van der Waals surface area (Å²) < 4.78 is 11.3. The third kappa shape index (κ3) is 2.15. The third-order valence-electron chi connectivity index (χ3n) is 2.84. The first-order valence-corrected chi connectivity index (χ1v) is 7.05. The van der Waals surface area contributed by atoms with E-state index in [0.717, 1.165) is 10.9 Å². The van der Waals surface area contributed by atoms with Crippen LogP contribution in [0.15, 0.2) is 47.0 Å². The number of aromatic nitrogens is 1. The predicted octanol–water partition coefficient (Wildman–Crippen LogP) is 4.39. The topological polar surface area (TPSA) is 59.0 Å². The van der Waals surface area contributed by atoms with Crippen LogP contribution in [0.5, 0.6) is 11.6 Å². The number of nitriles is 1. The largest absolute Gasteiger partial charge is 0.442 e. The van der Waals surface area contributed by atoms with Gasteiger partial charge < -0.3 is 9.15 Å². The second-order valence-electron chi connectivity index (χ2n) is 4.07. The molecule has 0 aliphatic heterocycles. The van der Waals surface area contributed by atoms with Crippen LogP contribution in [0.2, 0.25) is 0 Å². The van der Waals surface area contributed by atoms with E-state index in [2.05, 4.69) is 20.9 Å². The quantitative estimate of drug-likeness (QED) is 0.669. The van der Waals surface area contributed by atoms with Gasteiger partial charge in [-0.15, -0.1) is 0 Å². The molecule has 1 aromatic carbocycles. The smallest absolute Gasteiger partial charge is 0.247 e. The van der Waals surface area contributed by atoms with Gasteiger partial charge in [-0.2, -0.15) is 5.26 Å². The van der Waals surface area contributed by atoms with Gasteiger partial charge >= 0.3 is 0 Å². The van der Waals surface area contributed by atoms with Crippen LogP contribution in [0.25, 0.3) is 11.0 Å². The highest BCUT2D eigenvalue weighted by Crippen LogP contribution is 2.36. The number of para-hydroxylation sites is 1. The van der Waals surface area contributed by atoms with Gasteiger partial charge in [0.25, 0.3) is 0 Å². The van der Waals surface area contributed by atoms with Crippen LogP contribution in [0.1, 0.15) is 11.3 Å². The molecule has 0 radical (unpaired) electrons. The lowest BCUT2D eigenvalue weighted by molar-refractivity contribution is 0.447. The fourth-order valence-corrected chi connectivity index (χ4v) is 2.34. The van der Waals surface area contributed by atoms with Crippen molar-refractivity contribution in [2.45, 2.75) is 5.33 Å². The third-order valence-corrected chi connectivity index (χ3v) is 3.45. The minimum Gasteiger partial charge on any atom is -0.442 e. The fourth-order valence-electron chi connectivity index (χ4n) is 1.91. The van der Waals surface area contributed by atoms with Crippen LogP contribution in [0.3, 0.4) is 0 Å². The average molecular weight is 329 g/mol. The van der Waals surface area contributed by atoms with Gasteiger partial charge in [0.15, 0.2) is 5.75 Å². The first-order chi connectivity index (χ1) is 9.83. The lowest BCUT2D eigenvalue weighted by Crippen LogP contribution is -1.93. The molecule has 98 valence electrons. The highest BCUT2D eigenvalue weighted by atomic mass is 79.9. The molecule has 0 atom stereocenters. The van der Waals surface area contributed by atoms with E-state index >= 15 is 0 Å². The average Bonchev–Trinajstić information content (AvgIpc) is 2.86. The summed E-state index contributed by atoms with van der Waals surface area (Å²) in [6.45, 7) is 0. The van der Waals surface area contributed by atoms with E-state index in [1.807, 2.05) is 36.4 Å². The molecule has 0 unspecified atom stereocenters. The number of nitrogens with zero attached hydrogens (tertiary/aromatic N) is 2. The van der Waals surface area contributed by atoms with Crippen LogP contribution in [-0.2, 0) is 5.33 Å². The normalized spacial score (nSPS) is 10.4. The second-order valence-corrected chi connectivity index (χ2v) is 4.63. The first-order valence-electron chi connectivity index (χ1n) is 5.93. The predicted molar refractivity (Wildman–Crippen MR) is 77.9 cm³/mol. The van der Waals surface area contributed by atoms with Crippen molar-refractivity contribution in [2.75, 3.05) is 0 Å². The first kappa shape index (κ1) is 12.7. The van der Waals surface area contributed by atoms with Gasteiger partial charge in [-0.05, 0) is 18.2 Å².